The van der Waals surface area contributed by atoms with Crippen LogP contribution < -0.4 is 0 Å². The van der Waals surface area contributed by atoms with Gasteiger partial charge in [0.2, 0.25) is 0 Å². The van der Waals surface area contributed by atoms with Gasteiger partial charge >= 0.3 is 0 Å². The van der Waals surface area contributed by atoms with Crippen LogP contribution in [0.25, 0.3) is 0 Å². The first-order valence-electron chi connectivity index (χ1n) is 4.56. The molecular weight excluding hydrogens is 214 g/mol. The Kier molecular flexibility index (Phi) is 2.87. The molecule has 1 atom stereocenters. The van der Waals surface area contributed by atoms with Crippen molar-refractivity contribution in [1.29, 1.82) is 0 Å². The molecule has 5 heteroatoms. The molecule has 1 N–H and O–H groups in total. The topological polar surface area (TPSA) is 46.0 Å². The van der Waals surface area contributed by atoms with E-state index in [2.05, 4.69) is 9.97 Å². The summed E-state index contributed by atoms with van der Waals surface area (Å²) in [5.41, 5.74) is 0.243. The maximum atomic E-state index is 13.3. The zero-order valence-corrected chi connectivity index (χ0v) is 8.14. The van der Waals surface area contributed by atoms with E-state index in [1.54, 1.807) is 0 Å². The molecule has 0 amide bonds. The quantitative estimate of drug-likeness (QED) is 0.843. The Bertz CT molecular complexity index is 505. The molecule has 2 aromatic rings. The molecule has 0 aliphatic carbocycles. The molecule has 2 heterocycles. The van der Waals surface area contributed by atoms with Crippen molar-refractivity contribution in [3.05, 3.63) is 59.7 Å². The molecule has 2 rings (SSSR count). The highest BCUT2D eigenvalue weighted by atomic mass is 19.1. The third-order valence-corrected chi connectivity index (χ3v) is 2.14. The summed E-state index contributed by atoms with van der Waals surface area (Å²) in [4.78, 5) is 7.15. The molecule has 0 saturated carbocycles. The van der Waals surface area contributed by atoms with Gasteiger partial charge < -0.3 is 5.11 Å². The maximum absolute atomic E-state index is 13.3. The summed E-state index contributed by atoms with van der Waals surface area (Å²) in [7, 11) is 0. The molecule has 0 radical (unpaired) electrons. The SMILES string of the molecule is OC(c1cncc(F)c1)c1ccncc1F. The molecule has 0 aliphatic heterocycles. The number of nitrogens with zero attached hydrogens (tertiary/aromatic N) is 2. The van der Waals surface area contributed by atoms with Crippen LogP contribution in [0.5, 0.6) is 0 Å². The first-order valence-corrected chi connectivity index (χ1v) is 4.56. The predicted molar refractivity (Wildman–Crippen MR) is 52.5 cm³/mol. The molecule has 0 saturated heterocycles. The average Bonchev–Trinajstić information content (AvgIpc) is 2.29. The third-order valence-electron chi connectivity index (χ3n) is 2.14. The van der Waals surface area contributed by atoms with Crippen molar-refractivity contribution < 1.29 is 13.9 Å². The fraction of sp³-hybridized carbons (Fsp3) is 0.0909. The van der Waals surface area contributed by atoms with Crippen LogP contribution in [0, 0.1) is 11.6 Å². The number of hydrogen-bond donors (Lipinski definition) is 1. The fourth-order valence-corrected chi connectivity index (χ4v) is 1.37. The highest BCUT2D eigenvalue weighted by Gasteiger charge is 2.15. The Hall–Kier alpha value is -1.88. The molecule has 3 nitrogen and oxygen atoms in total. The van der Waals surface area contributed by atoms with Gasteiger partial charge in [0.05, 0.1) is 12.4 Å². The second-order valence-electron chi connectivity index (χ2n) is 3.24. The maximum Gasteiger partial charge on any atom is 0.147 e. The van der Waals surface area contributed by atoms with Crippen LogP contribution in [-0.4, -0.2) is 15.1 Å². The van der Waals surface area contributed by atoms with Crippen LogP contribution in [-0.2, 0) is 0 Å². The van der Waals surface area contributed by atoms with Gasteiger partial charge in [-0.05, 0) is 12.1 Å². The largest absolute Gasteiger partial charge is 0.383 e. The van der Waals surface area contributed by atoms with Crippen molar-refractivity contribution in [3.63, 3.8) is 0 Å². The van der Waals surface area contributed by atoms with Gasteiger partial charge in [-0.3, -0.25) is 9.97 Å². The summed E-state index contributed by atoms with van der Waals surface area (Å²) >= 11 is 0. The number of rotatable bonds is 2. The van der Waals surface area contributed by atoms with Gasteiger partial charge in [0, 0.05) is 23.5 Å². The van der Waals surface area contributed by atoms with E-state index in [9.17, 15) is 13.9 Å². The summed E-state index contributed by atoms with van der Waals surface area (Å²) in [6, 6.07) is 2.45. The molecule has 2 aromatic heterocycles. The van der Waals surface area contributed by atoms with Crippen molar-refractivity contribution in [1.82, 2.24) is 9.97 Å². The van der Waals surface area contributed by atoms with Crippen LogP contribution in [0.2, 0.25) is 0 Å². The van der Waals surface area contributed by atoms with Crippen LogP contribution in [0.4, 0.5) is 8.78 Å². The first-order chi connectivity index (χ1) is 7.68. The van der Waals surface area contributed by atoms with Crippen molar-refractivity contribution in [2.45, 2.75) is 6.10 Å². The van der Waals surface area contributed by atoms with Gasteiger partial charge in [-0.2, -0.15) is 0 Å². The fourth-order valence-electron chi connectivity index (χ4n) is 1.37. The number of aromatic nitrogens is 2. The number of aliphatic hydroxyl groups is 1. The standard InChI is InChI=1S/C11H8F2N2O/c12-8-3-7(4-15-5-8)11(16)9-1-2-14-6-10(9)13/h1-6,11,16H. The summed E-state index contributed by atoms with van der Waals surface area (Å²) in [5, 5.41) is 9.82. The van der Waals surface area contributed by atoms with Gasteiger partial charge in [0.1, 0.15) is 17.7 Å². The Morgan fingerprint density at radius 2 is 1.94 bits per heavy atom. The number of hydrogen-bond acceptors (Lipinski definition) is 3. The van der Waals surface area contributed by atoms with E-state index in [0.717, 1.165) is 18.5 Å². The minimum Gasteiger partial charge on any atom is -0.383 e. The number of halogens is 2. The van der Waals surface area contributed by atoms with Crippen LogP contribution in [0.3, 0.4) is 0 Å². The molecule has 0 aromatic carbocycles. The van der Waals surface area contributed by atoms with Gasteiger partial charge in [-0.15, -0.1) is 0 Å². The number of aliphatic hydroxyl groups excluding tert-OH is 1. The molecule has 0 aliphatic rings. The van der Waals surface area contributed by atoms with Crippen molar-refractivity contribution in [3.8, 4) is 0 Å². The van der Waals surface area contributed by atoms with E-state index in [1.165, 1.54) is 18.5 Å². The summed E-state index contributed by atoms with van der Waals surface area (Å²) in [6.45, 7) is 0. The third kappa shape index (κ3) is 2.04. The van der Waals surface area contributed by atoms with Gasteiger partial charge in [0.15, 0.2) is 0 Å². The summed E-state index contributed by atoms with van der Waals surface area (Å²) < 4.78 is 26.2. The molecule has 0 bridgehead atoms. The minimum atomic E-state index is -1.24. The van der Waals surface area contributed by atoms with Gasteiger partial charge in [0.25, 0.3) is 0 Å². The Morgan fingerprint density at radius 3 is 2.62 bits per heavy atom. The number of pyridine rings is 2. The summed E-state index contributed by atoms with van der Waals surface area (Å²) in [6.07, 6.45) is 3.40. The van der Waals surface area contributed by atoms with Crippen LogP contribution in [0.15, 0.2) is 36.9 Å². The average molecular weight is 222 g/mol. The van der Waals surface area contributed by atoms with Crippen molar-refractivity contribution in [2.24, 2.45) is 0 Å². The van der Waals surface area contributed by atoms with Gasteiger partial charge in [-0.1, -0.05) is 0 Å². The zero-order valence-electron chi connectivity index (χ0n) is 8.14. The lowest BCUT2D eigenvalue weighted by molar-refractivity contribution is 0.213. The van der Waals surface area contributed by atoms with E-state index in [-0.39, 0.29) is 11.1 Å². The molecule has 16 heavy (non-hydrogen) atoms. The molecule has 0 fully saturated rings. The van der Waals surface area contributed by atoms with E-state index in [4.69, 9.17) is 0 Å². The lowest BCUT2D eigenvalue weighted by Crippen LogP contribution is -2.03. The Labute approximate surface area is 90.4 Å². The van der Waals surface area contributed by atoms with E-state index in [0.29, 0.717) is 0 Å². The second-order valence-corrected chi connectivity index (χ2v) is 3.24. The molecule has 0 spiro atoms. The Morgan fingerprint density at radius 1 is 1.12 bits per heavy atom. The summed E-state index contributed by atoms with van der Waals surface area (Å²) in [5.74, 6) is -1.22. The van der Waals surface area contributed by atoms with Gasteiger partial charge in [-0.25, -0.2) is 8.78 Å². The lowest BCUT2D eigenvalue weighted by Gasteiger charge is -2.11. The predicted octanol–water partition coefficient (Wildman–Crippen LogP) is 1.84. The highest BCUT2D eigenvalue weighted by Crippen LogP contribution is 2.23. The lowest BCUT2D eigenvalue weighted by atomic mass is 10.0. The van der Waals surface area contributed by atoms with E-state index < -0.39 is 17.7 Å². The monoisotopic (exact) mass is 222 g/mol. The second kappa shape index (κ2) is 4.32. The van der Waals surface area contributed by atoms with Crippen molar-refractivity contribution in [2.75, 3.05) is 0 Å². The van der Waals surface area contributed by atoms with Crippen LogP contribution >= 0.6 is 0 Å². The molecular formula is C11H8F2N2O. The smallest absolute Gasteiger partial charge is 0.147 e. The minimum absolute atomic E-state index is 0.0439. The van der Waals surface area contributed by atoms with Crippen LogP contribution in [0.1, 0.15) is 17.2 Å². The van der Waals surface area contributed by atoms with E-state index in [1.807, 2.05) is 0 Å². The van der Waals surface area contributed by atoms with Crippen molar-refractivity contribution >= 4 is 0 Å². The first kappa shape index (κ1) is 10.6. The highest BCUT2D eigenvalue weighted by molar-refractivity contribution is 5.27. The van der Waals surface area contributed by atoms with E-state index >= 15 is 0 Å². The zero-order chi connectivity index (χ0) is 11.5. The molecule has 1 unspecified atom stereocenters. The molecule has 82 valence electrons. The Balaban J connectivity index is 2.39. The normalized spacial score (nSPS) is 12.4.